The molecule has 1 aliphatic rings. The van der Waals surface area contributed by atoms with Gasteiger partial charge in [0, 0.05) is 18.2 Å². The van der Waals surface area contributed by atoms with Crippen molar-refractivity contribution in [2.24, 2.45) is 5.92 Å². The van der Waals surface area contributed by atoms with Crippen molar-refractivity contribution in [3.63, 3.8) is 0 Å². The molecule has 2 atom stereocenters. The van der Waals surface area contributed by atoms with Crippen LogP contribution in [0.15, 0.2) is 18.2 Å². The van der Waals surface area contributed by atoms with Crippen LogP contribution < -0.4 is 5.32 Å². The molecule has 2 unspecified atom stereocenters. The number of halogens is 2. The summed E-state index contributed by atoms with van der Waals surface area (Å²) in [6.07, 6.45) is 3.50. The van der Waals surface area contributed by atoms with E-state index in [9.17, 15) is 8.78 Å². The minimum Gasteiger partial charge on any atom is -0.313 e. The van der Waals surface area contributed by atoms with Crippen LogP contribution in [0.4, 0.5) is 8.78 Å². The van der Waals surface area contributed by atoms with Crippen LogP contribution in [-0.2, 0) is 0 Å². The van der Waals surface area contributed by atoms with E-state index < -0.39 is 11.6 Å². The van der Waals surface area contributed by atoms with Gasteiger partial charge in [0.2, 0.25) is 0 Å². The molecule has 2 nitrogen and oxygen atoms in total. The van der Waals surface area contributed by atoms with Gasteiger partial charge in [-0.25, -0.2) is 8.78 Å². The van der Waals surface area contributed by atoms with E-state index in [-0.39, 0.29) is 6.04 Å². The van der Waals surface area contributed by atoms with Crippen molar-refractivity contribution in [2.75, 3.05) is 20.6 Å². The van der Waals surface area contributed by atoms with Crippen molar-refractivity contribution in [1.29, 1.82) is 0 Å². The predicted molar refractivity (Wildman–Crippen MR) is 77.6 cm³/mol. The normalized spacial score (nSPS) is 18.3. The van der Waals surface area contributed by atoms with Crippen molar-refractivity contribution in [2.45, 2.75) is 38.3 Å². The lowest BCUT2D eigenvalue weighted by atomic mass is 10.0. The molecular weight excluding hydrogens is 258 g/mol. The zero-order valence-corrected chi connectivity index (χ0v) is 12.5. The molecule has 0 radical (unpaired) electrons. The summed E-state index contributed by atoms with van der Waals surface area (Å²) >= 11 is 0. The SMILES string of the molecule is CNC(CCN(C)C(C)C1CC1)c1cc(F)cc(F)c1. The first-order chi connectivity index (χ1) is 9.51. The van der Waals surface area contributed by atoms with E-state index in [4.69, 9.17) is 0 Å². The lowest BCUT2D eigenvalue weighted by molar-refractivity contribution is 0.223. The Morgan fingerprint density at radius 1 is 1.25 bits per heavy atom. The van der Waals surface area contributed by atoms with Crippen LogP contribution in [0.5, 0.6) is 0 Å². The molecule has 0 saturated heterocycles. The van der Waals surface area contributed by atoms with Gasteiger partial charge in [-0.15, -0.1) is 0 Å². The van der Waals surface area contributed by atoms with E-state index in [0.29, 0.717) is 11.6 Å². The molecule has 1 N–H and O–H groups in total. The van der Waals surface area contributed by atoms with Gasteiger partial charge in [-0.1, -0.05) is 0 Å². The largest absolute Gasteiger partial charge is 0.313 e. The van der Waals surface area contributed by atoms with Gasteiger partial charge >= 0.3 is 0 Å². The average Bonchev–Trinajstić information content (AvgIpc) is 3.21. The molecule has 1 fully saturated rings. The van der Waals surface area contributed by atoms with E-state index >= 15 is 0 Å². The Hall–Kier alpha value is -1.00. The Morgan fingerprint density at radius 2 is 1.85 bits per heavy atom. The van der Waals surface area contributed by atoms with Crippen LogP contribution in [-0.4, -0.2) is 31.6 Å². The third-order valence-corrected chi connectivity index (χ3v) is 4.41. The van der Waals surface area contributed by atoms with Gasteiger partial charge < -0.3 is 10.2 Å². The Balaban J connectivity index is 1.94. The van der Waals surface area contributed by atoms with Gasteiger partial charge in [0.1, 0.15) is 11.6 Å². The number of nitrogens with one attached hydrogen (secondary N) is 1. The highest BCUT2D eigenvalue weighted by atomic mass is 19.1. The topological polar surface area (TPSA) is 15.3 Å². The molecule has 1 saturated carbocycles. The second-order valence-corrected chi connectivity index (χ2v) is 5.89. The number of nitrogens with zero attached hydrogens (tertiary/aromatic N) is 1. The molecule has 0 aromatic heterocycles. The Morgan fingerprint density at radius 3 is 2.35 bits per heavy atom. The van der Waals surface area contributed by atoms with Crippen LogP contribution in [0.1, 0.15) is 37.8 Å². The molecule has 1 aromatic rings. The van der Waals surface area contributed by atoms with Gasteiger partial charge in [0.05, 0.1) is 0 Å². The molecule has 0 heterocycles. The fraction of sp³-hybridized carbons (Fsp3) is 0.625. The third kappa shape index (κ3) is 4.00. The molecule has 1 aromatic carbocycles. The molecule has 0 aliphatic heterocycles. The van der Waals surface area contributed by atoms with E-state index in [0.717, 1.165) is 24.9 Å². The maximum Gasteiger partial charge on any atom is 0.126 e. The summed E-state index contributed by atoms with van der Waals surface area (Å²) in [4.78, 5) is 2.34. The molecule has 2 rings (SSSR count). The van der Waals surface area contributed by atoms with Gasteiger partial charge in [-0.3, -0.25) is 0 Å². The van der Waals surface area contributed by atoms with E-state index in [1.165, 1.54) is 25.0 Å². The molecular formula is C16H24F2N2. The first-order valence-corrected chi connectivity index (χ1v) is 7.34. The maximum atomic E-state index is 13.3. The van der Waals surface area contributed by atoms with Crippen LogP contribution in [0.3, 0.4) is 0 Å². The molecule has 20 heavy (non-hydrogen) atoms. The molecule has 4 heteroatoms. The zero-order valence-electron chi connectivity index (χ0n) is 12.5. The highest BCUT2D eigenvalue weighted by Gasteiger charge is 2.30. The standard InChI is InChI=1S/C16H24F2N2/c1-11(12-4-5-12)20(3)7-6-16(19-2)13-8-14(17)10-15(18)9-13/h8-12,16,19H,4-7H2,1-3H3. The van der Waals surface area contributed by atoms with Crippen LogP contribution in [0.25, 0.3) is 0 Å². The molecule has 0 spiro atoms. The Bertz CT molecular complexity index is 426. The summed E-state index contributed by atoms with van der Waals surface area (Å²) in [6, 6.07) is 4.31. The van der Waals surface area contributed by atoms with E-state index in [2.05, 4.69) is 24.2 Å². The molecule has 112 valence electrons. The summed E-state index contributed by atoms with van der Waals surface area (Å²) in [5.74, 6) is -0.195. The van der Waals surface area contributed by atoms with Crippen LogP contribution >= 0.6 is 0 Å². The lowest BCUT2D eigenvalue weighted by Crippen LogP contribution is -2.33. The quantitative estimate of drug-likeness (QED) is 0.825. The van der Waals surface area contributed by atoms with E-state index in [1.807, 2.05) is 7.05 Å². The third-order valence-electron chi connectivity index (χ3n) is 4.41. The fourth-order valence-electron chi connectivity index (χ4n) is 2.73. The summed E-state index contributed by atoms with van der Waals surface area (Å²) in [7, 11) is 3.96. The number of hydrogen-bond donors (Lipinski definition) is 1. The van der Waals surface area contributed by atoms with Crippen LogP contribution in [0.2, 0.25) is 0 Å². The second kappa shape index (κ2) is 6.64. The second-order valence-electron chi connectivity index (χ2n) is 5.89. The fourth-order valence-corrected chi connectivity index (χ4v) is 2.73. The van der Waals surface area contributed by atoms with Crippen molar-refractivity contribution in [1.82, 2.24) is 10.2 Å². The molecule has 0 amide bonds. The number of benzene rings is 1. The summed E-state index contributed by atoms with van der Waals surface area (Å²) in [5.41, 5.74) is 0.678. The minimum absolute atomic E-state index is 0.0194. The van der Waals surface area contributed by atoms with Gasteiger partial charge in [-0.05, 0) is 70.4 Å². The number of hydrogen-bond acceptors (Lipinski definition) is 2. The van der Waals surface area contributed by atoms with E-state index in [1.54, 1.807) is 0 Å². The Labute approximate surface area is 120 Å². The average molecular weight is 282 g/mol. The lowest BCUT2D eigenvalue weighted by Gasteiger charge is -2.27. The Kier molecular flexibility index (Phi) is 5.11. The van der Waals surface area contributed by atoms with Crippen molar-refractivity contribution < 1.29 is 8.78 Å². The van der Waals surface area contributed by atoms with Crippen molar-refractivity contribution >= 4 is 0 Å². The van der Waals surface area contributed by atoms with Crippen molar-refractivity contribution in [3.05, 3.63) is 35.4 Å². The van der Waals surface area contributed by atoms with Gasteiger partial charge in [0.15, 0.2) is 0 Å². The molecule has 0 bridgehead atoms. The first kappa shape index (κ1) is 15.4. The summed E-state index contributed by atoms with van der Waals surface area (Å²) in [6.45, 7) is 3.18. The van der Waals surface area contributed by atoms with Gasteiger partial charge in [-0.2, -0.15) is 0 Å². The minimum atomic E-state index is -0.514. The highest BCUT2D eigenvalue weighted by molar-refractivity contribution is 5.21. The van der Waals surface area contributed by atoms with Crippen LogP contribution in [0, 0.1) is 17.6 Å². The number of rotatable bonds is 7. The summed E-state index contributed by atoms with van der Waals surface area (Å²) < 4.78 is 26.6. The smallest absolute Gasteiger partial charge is 0.126 e. The summed E-state index contributed by atoms with van der Waals surface area (Å²) in [5, 5.41) is 3.15. The highest BCUT2D eigenvalue weighted by Crippen LogP contribution is 2.34. The van der Waals surface area contributed by atoms with Crippen molar-refractivity contribution in [3.8, 4) is 0 Å². The van der Waals surface area contributed by atoms with Gasteiger partial charge in [0.25, 0.3) is 0 Å². The first-order valence-electron chi connectivity index (χ1n) is 7.34. The maximum absolute atomic E-state index is 13.3. The monoisotopic (exact) mass is 282 g/mol. The molecule has 1 aliphatic carbocycles. The predicted octanol–water partition coefficient (Wildman–Crippen LogP) is 3.35. The zero-order chi connectivity index (χ0) is 14.7.